The topological polar surface area (TPSA) is 101 Å². The van der Waals surface area contributed by atoms with Crippen LogP contribution in [0.4, 0.5) is 4.79 Å². The quantitative estimate of drug-likeness (QED) is 0.773. The molecule has 2 heterocycles. The molecule has 21 heavy (non-hydrogen) atoms. The SMILES string of the molecule is CC1CC(NC(=O)NCc2ccc(C(=O)O)nc2)CCO1. The Bertz CT molecular complexity index is 503. The second-order valence-corrected chi connectivity index (χ2v) is 5.09. The fourth-order valence-electron chi connectivity index (χ4n) is 2.20. The van der Waals surface area contributed by atoms with Gasteiger partial charge in [0.25, 0.3) is 0 Å². The highest BCUT2D eigenvalue weighted by Gasteiger charge is 2.20. The summed E-state index contributed by atoms with van der Waals surface area (Å²) < 4.78 is 5.42. The number of ether oxygens (including phenoxy) is 1. The number of pyridine rings is 1. The molecule has 0 radical (unpaired) electrons. The van der Waals surface area contributed by atoms with Crippen LogP contribution in [0.15, 0.2) is 18.3 Å². The van der Waals surface area contributed by atoms with E-state index in [0.717, 1.165) is 18.4 Å². The van der Waals surface area contributed by atoms with E-state index < -0.39 is 5.97 Å². The smallest absolute Gasteiger partial charge is 0.354 e. The first-order valence-corrected chi connectivity index (χ1v) is 6.89. The molecule has 1 aromatic heterocycles. The lowest BCUT2D eigenvalue weighted by Crippen LogP contribution is -2.45. The van der Waals surface area contributed by atoms with Crippen molar-refractivity contribution in [2.75, 3.05) is 6.61 Å². The minimum Gasteiger partial charge on any atom is -0.477 e. The van der Waals surface area contributed by atoms with Gasteiger partial charge >= 0.3 is 12.0 Å². The Morgan fingerprint density at radius 2 is 2.29 bits per heavy atom. The number of carboxylic acids is 1. The number of nitrogens with one attached hydrogen (secondary N) is 2. The zero-order chi connectivity index (χ0) is 15.2. The number of amides is 2. The zero-order valence-electron chi connectivity index (χ0n) is 11.8. The third-order valence-corrected chi connectivity index (χ3v) is 3.32. The van der Waals surface area contributed by atoms with Crippen molar-refractivity contribution in [3.05, 3.63) is 29.6 Å². The molecule has 2 rings (SSSR count). The Balaban J connectivity index is 1.76. The van der Waals surface area contributed by atoms with Crippen LogP contribution in [-0.2, 0) is 11.3 Å². The number of carbonyl (C=O) groups excluding carboxylic acids is 1. The molecule has 0 aliphatic carbocycles. The van der Waals surface area contributed by atoms with E-state index in [1.165, 1.54) is 12.3 Å². The fraction of sp³-hybridized carbons (Fsp3) is 0.500. The Labute approximate surface area is 122 Å². The maximum Gasteiger partial charge on any atom is 0.354 e. The Morgan fingerprint density at radius 1 is 1.48 bits per heavy atom. The van der Waals surface area contributed by atoms with E-state index in [4.69, 9.17) is 9.84 Å². The fourth-order valence-corrected chi connectivity index (χ4v) is 2.20. The molecular weight excluding hydrogens is 274 g/mol. The summed E-state index contributed by atoms with van der Waals surface area (Å²) in [4.78, 5) is 26.3. The highest BCUT2D eigenvalue weighted by molar-refractivity contribution is 5.85. The number of urea groups is 1. The lowest BCUT2D eigenvalue weighted by Gasteiger charge is -2.27. The van der Waals surface area contributed by atoms with Crippen molar-refractivity contribution >= 4 is 12.0 Å². The number of aromatic nitrogens is 1. The summed E-state index contributed by atoms with van der Waals surface area (Å²) >= 11 is 0. The van der Waals surface area contributed by atoms with Gasteiger partial charge < -0.3 is 20.5 Å². The largest absolute Gasteiger partial charge is 0.477 e. The molecule has 2 unspecified atom stereocenters. The Kier molecular flexibility index (Phi) is 5.10. The second kappa shape index (κ2) is 7.03. The summed E-state index contributed by atoms with van der Waals surface area (Å²) in [7, 11) is 0. The van der Waals surface area contributed by atoms with Gasteiger partial charge in [-0.05, 0) is 31.4 Å². The normalized spacial score (nSPS) is 21.6. The van der Waals surface area contributed by atoms with Crippen LogP contribution in [0.5, 0.6) is 0 Å². The maximum atomic E-state index is 11.8. The molecule has 114 valence electrons. The van der Waals surface area contributed by atoms with Crippen molar-refractivity contribution in [1.29, 1.82) is 0 Å². The lowest BCUT2D eigenvalue weighted by molar-refractivity contribution is 0.0154. The molecule has 7 nitrogen and oxygen atoms in total. The van der Waals surface area contributed by atoms with E-state index in [1.807, 2.05) is 6.92 Å². The number of rotatable bonds is 4. The molecule has 1 fully saturated rings. The van der Waals surface area contributed by atoms with Crippen LogP contribution in [0.1, 0.15) is 35.8 Å². The number of aromatic carboxylic acids is 1. The summed E-state index contributed by atoms with van der Waals surface area (Å²) in [6.45, 7) is 2.95. The third-order valence-electron chi connectivity index (χ3n) is 3.32. The average Bonchev–Trinajstić information content (AvgIpc) is 2.45. The van der Waals surface area contributed by atoms with E-state index in [-0.39, 0.29) is 23.9 Å². The molecule has 2 atom stereocenters. The number of hydrogen-bond acceptors (Lipinski definition) is 4. The van der Waals surface area contributed by atoms with Gasteiger partial charge in [0, 0.05) is 25.4 Å². The number of carboxylic acid groups (broad SMARTS) is 1. The molecule has 0 bridgehead atoms. The van der Waals surface area contributed by atoms with Gasteiger partial charge in [-0.2, -0.15) is 0 Å². The zero-order valence-corrected chi connectivity index (χ0v) is 11.8. The van der Waals surface area contributed by atoms with E-state index in [9.17, 15) is 9.59 Å². The van der Waals surface area contributed by atoms with Crippen molar-refractivity contribution in [3.63, 3.8) is 0 Å². The molecule has 0 spiro atoms. The number of carbonyl (C=O) groups is 2. The monoisotopic (exact) mass is 293 g/mol. The average molecular weight is 293 g/mol. The van der Waals surface area contributed by atoms with Gasteiger partial charge in [-0.3, -0.25) is 0 Å². The van der Waals surface area contributed by atoms with Gasteiger partial charge in [0.05, 0.1) is 6.10 Å². The van der Waals surface area contributed by atoms with Gasteiger partial charge in [-0.25, -0.2) is 14.6 Å². The van der Waals surface area contributed by atoms with Crippen LogP contribution in [0.2, 0.25) is 0 Å². The van der Waals surface area contributed by atoms with E-state index in [0.29, 0.717) is 13.2 Å². The van der Waals surface area contributed by atoms with Gasteiger partial charge in [-0.1, -0.05) is 6.07 Å². The summed E-state index contributed by atoms with van der Waals surface area (Å²) in [6, 6.07) is 2.93. The summed E-state index contributed by atoms with van der Waals surface area (Å²) in [5, 5.41) is 14.4. The molecule has 1 aromatic rings. The minimum atomic E-state index is -1.07. The lowest BCUT2D eigenvalue weighted by atomic mass is 10.0. The first-order valence-electron chi connectivity index (χ1n) is 6.89. The Morgan fingerprint density at radius 3 is 2.90 bits per heavy atom. The standard InChI is InChI=1S/C14H19N3O4/c1-9-6-11(4-5-21-9)17-14(20)16-8-10-2-3-12(13(18)19)15-7-10/h2-3,7,9,11H,4-6,8H2,1H3,(H,18,19)(H2,16,17,20). The molecule has 7 heteroatoms. The van der Waals surface area contributed by atoms with Crippen molar-refractivity contribution in [2.24, 2.45) is 0 Å². The molecule has 0 saturated carbocycles. The van der Waals surface area contributed by atoms with Crippen molar-refractivity contribution in [1.82, 2.24) is 15.6 Å². The van der Waals surface area contributed by atoms with Crippen LogP contribution in [-0.4, -0.2) is 40.8 Å². The minimum absolute atomic E-state index is 0.0144. The molecule has 0 aromatic carbocycles. The number of hydrogen-bond donors (Lipinski definition) is 3. The van der Waals surface area contributed by atoms with E-state index in [2.05, 4.69) is 15.6 Å². The van der Waals surface area contributed by atoms with Gasteiger partial charge in [0.1, 0.15) is 5.69 Å². The highest BCUT2D eigenvalue weighted by Crippen LogP contribution is 2.12. The van der Waals surface area contributed by atoms with Gasteiger partial charge in [-0.15, -0.1) is 0 Å². The summed E-state index contributed by atoms with van der Waals surface area (Å²) in [6.07, 6.45) is 3.23. The molecule has 1 saturated heterocycles. The van der Waals surface area contributed by atoms with E-state index in [1.54, 1.807) is 6.07 Å². The molecule has 2 amide bonds. The summed E-state index contributed by atoms with van der Waals surface area (Å²) in [5.41, 5.74) is 0.731. The van der Waals surface area contributed by atoms with Crippen molar-refractivity contribution in [3.8, 4) is 0 Å². The van der Waals surface area contributed by atoms with Crippen molar-refractivity contribution in [2.45, 2.75) is 38.5 Å². The number of nitrogens with zero attached hydrogens (tertiary/aromatic N) is 1. The Hall–Kier alpha value is -2.15. The first-order chi connectivity index (χ1) is 10.0. The predicted octanol–water partition coefficient (Wildman–Crippen LogP) is 1.15. The predicted molar refractivity (Wildman–Crippen MR) is 75.0 cm³/mol. The van der Waals surface area contributed by atoms with E-state index >= 15 is 0 Å². The van der Waals surface area contributed by atoms with Crippen LogP contribution in [0.3, 0.4) is 0 Å². The van der Waals surface area contributed by atoms with Crippen LogP contribution in [0, 0.1) is 0 Å². The third kappa shape index (κ3) is 4.71. The van der Waals surface area contributed by atoms with Crippen LogP contribution < -0.4 is 10.6 Å². The molecule has 1 aliphatic heterocycles. The molecule has 3 N–H and O–H groups in total. The van der Waals surface area contributed by atoms with Crippen LogP contribution in [0.25, 0.3) is 0 Å². The van der Waals surface area contributed by atoms with Crippen LogP contribution >= 0.6 is 0 Å². The molecule has 1 aliphatic rings. The first kappa shape index (κ1) is 15.2. The maximum absolute atomic E-state index is 11.8. The molecular formula is C14H19N3O4. The van der Waals surface area contributed by atoms with Gasteiger partial charge in [0.2, 0.25) is 0 Å². The van der Waals surface area contributed by atoms with Gasteiger partial charge in [0.15, 0.2) is 0 Å². The summed E-state index contributed by atoms with van der Waals surface area (Å²) in [5.74, 6) is -1.07. The second-order valence-electron chi connectivity index (χ2n) is 5.09. The van der Waals surface area contributed by atoms with Crippen molar-refractivity contribution < 1.29 is 19.4 Å². The highest BCUT2D eigenvalue weighted by atomic mass is 16.5.